The van der Waals surface area contributed by atoms with Crippen LogP contribution in [0.1, 0.15) is 309 Å². The molecule has 0 heterocycles. The van der Waals surface area contributed by atoms with Crippen LogP contribution in [-0.2, 0) is 32.7 Å². The maximum absolute atomic E-state index is 12.8. The van der Waals surface area contributed by atoms with Crippen molar-refractivity contribution in [2.75, 3.05) is 47.5 Å². The molecule has 486 valence electrons. The molecule has 0 bridgehead atoms. The highest BCUT2D eigenvalue weighted by Gasteiger charge is 2.22. The predicted molar refractivity (Wildman–Crippen MR) is 360 cm³/mol. The molecule has 2 unspecified atom stereocenters. The fraction of sp³-hybridized carbons (Fsp3) is 0.757. The molecule has 0 aliphatic heterocycles. The van der Waals surface area contributed by atoms with Crippen molar-refractivity contribution < 1.29 is 42.1 Å². The van der Waals surface area contributed by atoms with E-state index >= 15 is 0 Å². The fourth-order valence-corrected chi connectivity index (χ4v) is 10.5. The third-order valence-electron chi connectivity index (χ3n) is 15.1. The molecule has 9 nitrogen and oxygen atoms in total. The van der Waals surface area contributed by atoms with E-state index in [4.69, 9.17) is 18.5 Å². The molecular weight excluding hydrogens is 1060 g/mol. The number of carbonyl (C=O) groups excluding carboxylic acids is 2. The van der Waals surface area contributed by atoms with E-state index in [0.717, 1.165) is 96.3 Å². The Kier molecular flexibility index (Phi) is 62.1. The molecule has 0 spiro atoms. The first kappa shape index (κ1) is 80.9. The zero-order valence-corrected chi connectivity index (χ0v) is 56.2. The van der Waals surface area contributed by atoms with Crippen LogP contribution in [0.5, 0.6) is 0 Å². The number of rotatable bonds is 64. The maximum atomic E-state index is 12.8. The molecule has 0 aromatic heterocycles. The van der Waals surface area contributed by atoms with Crippen LogP contribution < -0.4 is 4.89 Å². The lowest BCUT2D eigenvalue weighted by Crippen LogP contribution is -2.37. The summed E-state index contributed by atoms with van der Waals surface area (Å²) in [7, 11) is 1.15. The molecule has 0 fully saturated rings. The summed E-state index contributed by atoms with van der Waals surface area (Å²) < 4.78 is 34.3. The summed E-state index contributed by atoms with van der Waals surface area (Å²) in [4.78, 5) is 38.0. The van der Waals surface area contributed by atoms with E-state index < -0.39 is 26.5 Å². The van der Waals surface area contributed by atoms with E-state index in [1.165, 1.54) is 180 Å². The summed E-state index contributed by atoms with van der Waals surface area (Å²) in [6, 6.07) is 0. The standard InChI is InChI=1S/C74H132NO8P/c1-6-8-10-12-14-16-18-20-22-24-26-28-30-32-34-35-36-37-38-39-41-42-44-46-48-50-52-54-56-58-60-62-64-66-73(76)80-70-72(71-82-84(78,79)81-69-68-75(3,4)5)83-74(77)67-65-63-61-59-57-55-53-51-49-47-45-43-40-33-31-29-27-25-23-21-19-17-15-13-11-9-7-2/h9,11,15,17,21,23-24,26-27,29,33,40,45,47,51,53,72H,6-8,10,12-14,16,18-20,22,25,28,30-32,34-39,41-44,46,48-50,52,54-71H2,1-5H3/b11-9-,17-15-,23-21-,26-24-,29-27-,40-33-,47-45-,53-51-. The average Bonchev–Trinajstić information content (AvgIpc) is 3.61. The van der Waals surface area contributed by atoms with E-state index in [-0.39, 0.29) is 32.0 Å². The van der Waals surface area contributed by atoms with Gasteiger partial charge in [-0.25, -0.2) is 0 Å². The summed E-state index contributed by atoms with van der Waals surface area (Å²) in [6.07, 6.45) is 89.2. The number of nitrogens with zero attached hydrogens (tertiary/aromatic N) is 1. The number of allylic oxidation sites excluding steroid dienone is 16. The second-order valence-corrected chi connectivity index (χ2v) is 25.9. The van der Waals surface area contributed by atoms with E-state index in [2.05, 4.69) is 111 Å². The number of phosphoric ester groups is 1. The minimum atomic E-state index is -4.65. The number of unbranched alkanes of at least 4 members (excludes halogenated alkanes) is 34. The molecule has 10 heteroatoms. The van der Waals surface area contributed by atoms with Crippen LogP contribution in [0.4, 0.5) is 0 Å². The molecule has 2 atom stereocenters. The average molecular weight is 1190 g/mol. The molecule has 0 rings (SSSR count). The number of likely N-dealkylation sites (N-methyl/N-ethyl adjacent to an activating group) is 1. The Hall–Kier alpha value is -3.07. The highest BCUT2D eigenvalue weighted by atomic mass is 31.2. The predicted octanol–water partition coefficient (Wildman–Crippen LogP) is 22.1. The van der Waals surface area contributed by atoms with Gasteiger partial charge in [-0.15, -0.1) is 0 Å². The van der Waals surface area contributed by atoms with Crippen molar-refractivity contribution in [1.29, 1.82) is 0 Å². The van der Waals surface area contributed by atoms with Crippen LogP contribution >= 0.6 is 7.82 Å². The van der Waals surface area contributed by atoms with E-state index in [1.54, 1.807) is 0 Å². The van der Waals surface area contributed by atoms with Gasteiger partial charge in [0.25, 0.3) is 7.82 Å². The second kappa shape index (κ2) is 64.4. The van der Waals surface area contributed by atoms with Gasteiger partial charge in [0.2, 0.25) is 0 Å². The molecule has 0 saturated carbocycles. The highest BCUT2D eigenvalue weighted by Crippen LogP contribution is 2.38. The van der Waals surface area contributed by atoms with Crippen molar-refractivity contribution in [1.82, 2.24) is 0 Å². The van der Waals surface area contributed by atoms with Gasteiger partial charge in [0.05, 0.1) is 27.7 Å². The van der Waals surface area contributed by atoms with Crippen LogP contribution in [-0.4, -0.2) is 70.0 Å². The van der Waals surface area contributed by atoms with Crippen molar-refractivity contribution in [3.05, 3.63) is 97.2 Å². The molecule has 0 aromatic rings. The number of carbonyl (C=O) groups is 2. The molecule has 84 heavy (non-hydrogen) atoms. The largest absolute Gasteiger partial charge is 0.756 e. The third kappa shape index (κ3) is 68.0. The first-order valence-electron chi connectivity index (χ1n) is 34.9. The van der Waals surface area contributed by atoms with Gasteiger partial charge in [0.1, 0.15) is 19.8 Å². The number of hydrogen-bond donors (Lipinski definition) is 0. The van der Waals surface area contributed by atoms with Gasteiger partial charge in [-0.05, 0) is 96.3 Å². The van der Waals surface area contributed by atoms with Gasteiger partial charge in [-0.1, -0.05) is 297 Å². The summed E-state index contributed by atoms with van der Waals surface area (Å²) in [5.74, 6) is -0.850. The first-order chi connectivity index (χ1) is 41.0. The van der Waals surface area contributed by atoms with Crippen molar-refractivity contribution in [3.63, 3.8) is 0 Å². The van der Waals surface area contributed by atoms with E-state index in [1.807, 2.05) is 21.1 Å². The Bertz CT molecular complexity index is 1740. The number of esters is 2. The minimum Gasteiger partial charge on any atom is -0.756 e. The summed E-state index contributed by atoms with van der Waals surface area (Å²) in [5, 5.41) is 0. The first-order valence-corrected chi connectivity index (χ1v) is 36.4. The summed E-state index contributed by atoms with van der Waals surface area (Å²) in [5.41, 5.74) is 0. The maximum Gasteiger partial charge on any atom is 0.306 e. The highest BCUT2D eigenvalue weighted by molar-refractivity contribution is 7.45. The molecule has 0 aliphatic carbocycles. The molecule has 0 aromatic carbocycles. The Balaban J connectivity index is 4.07. The number of hydrogen-bond acceptors (Lipinski definition) is 8. The number of ether oxygens (including phenoxy) is 2. The lowest BCUT2D eigenvalue weighted by atomic mass is 10.0. The van der Waals surface area contributed by atoms with Gasteiger partial charge < -0.3 is 27.9 Å². The Morgan fingerprint density at radius 2 is 0.679 bits per heavy atom. The zero-order valence-electron chi connectivity index (χ0n) is 55.3. The molecular formula is C74H132NO8P. The van der Waals surface area contributed by atoms with Crippen molar-refractivity contribution in [3.8, 4) is 0 Å². The van der Waals surface area contributed by atoms with Crippen molar-refractivity contribution in [2.24, 2.45) is 0 Å². The van der Waals surface area contributed by atoms with Crippen LogP contribution in [0.25, 0.3) is 0 Å². The van der Waals surface area contributed by atoms with E-state index in [0.29, 0.717) is 17.4 Å². The number of quaternary nitrogens is 1. The zero-order chi connectivity index (χ0) is 61.2. The Morgan fingerprint density at radius 3 is 1.02 bits per heavy atom. The van der Waals surface area contributed by atoms with Gasteiger partial charge >= 0.3 is 11.9 Å². The minimum absolute atomic E-state index is 0.0385. The SMILES string of the molecule is CC/C=C\C/C=C\C/C=C\C/C=C\C/C=C\C/C=C\C/C=C\CCCCCCCC(=O)OC(COC(=O)CCCCCCCCCCCCCCCCCCCCCCC/C=C\CCCCCCCCCC)COP(=O)([O-])OCC[N+](C)(C)C. The summed E-state index contributed by atoms with van der Waals surface area (Å²) >= 11 is 0. The van der Waals surface area contributed by atoms with E-state index in [9.17, 15) is 19.0 Å². The van der Waals surface area contributed by atoms with Gasteiger partial charge in [-0.2, -0.15) is 0 Å². The molecule has 0 amide bonds. The van der Waals surface area contributed by atoms with Gasteiger partial charge in [-0.3, -0.25) is 14.2 Å². The topological polar surface area (TPSA) is 111 Å². The van der Waals surface area contributed by atoms with Crippen LogP contribution in [0, 0.1) is 0 Å². The van der Waals surface area contributed by atoms with Crippen molar-refractivity contribution >= 4 is 19.8 Å². The molecule has 0 aliphatic rings. The Labute approximate surface area is 519 Å². The second-order valence-electron chi connectivity index (χ2n) is 24.5. The molecule has 0 saturated heterocycles. The monoisotopic (exact) mass is 1190 g/mol. The van der Waals surface area contributed by atoms with Crippen LogP contribution in [0.2, 0.25) is 0 Å². The lowest BCUT2D eigenvalue weighted by molar-refractivity contribution is -0.870. The summed E-state index contributed by atoms with van der Waals surface area (Å²) in [6.45, 7) is 4.13. The number of phosphoric acid groups is 1. The van der Waals surface area contributed by atoms with Crippen LogP contribution in [0.15, 0.2) is 97.2 Å². The smallest absolute Gasteiger partial charge is 0.306 e. The Morgan fingerprint density at radius 1 is 0.381 bits per heavy atom. The molecule has 0 radical (unpaired) electrons. The fourth-order valence-electron chi connectivity index (χ4n) is 9.75. The van der Waals surface area contributed by atoms with Gasteiger partial charge in [0.15, 0.2) is 6.10 Å². The lowest BCUT2D eigenvalue weighted by Gasteiger charge is -2.28. The normalized spacial score (nSPS) is 13.7. The third-order valence-corrected chi connectivity index (χ3v) is 16.1. The van der Waals surface area contributed by atoms with Gasteiger partial charge in [0, 0.05) is 12.8 Å². The molecule has 0 N–H and O–H groups in total. The quantitative estimate of drug-likeness (QED) is 0.0195. The van der Waals surface area contributed by atoms with Crippen LogP contribution in [0.3, 0.4) is 0 Å². The van der Waals surface area contributed by atoms with Crippen molar-refractivity contribution in [2.45, 2.75) is 315 Å².